The van der Waals surface area contributed by atoms with Crippen molar-refractivity contribution in [3.05, 3.63) is 41.8 Å². The molecule has 0 spiro atoms. The van der Waals surface area contributed by atoms with Gasteiger partial charge in [0.1, 0.15) is 5.76 Å². The molecule has 6 nitrogen and oxygen atoms in total. The molecular weight excluding hydrogens is 356 g/mol. The van der Waals surface area contributed by atoms with E-state index < -0.39 is 12.1 Å². The molecule has 1 saturated carbocycles. The predicted molar refractivity (Wildman–Crippen MR) is 106 cm³/mol. The highest BCUT2D eigenvalue weighted by Crippen LogP contribution is 2.24. The Morgan fingerprint density at radius 1 is 1.21 bits per heavy atom. The molecule has 0 saturated heterocycles. The Balaban J connectivity index is 1.68. The number of oxazole rings is 1. The number of carbonyl (C=O) groups excluding carboxylic acids is 2. The minimum atomic E-state index is -0.856. The zero-order valence-corrected chi connectivity index (χ0v) is 16.8. The van der Waals surface area contributed by atoms with Crippen LogP contribution in [0, 0.1) is 6.92 Å². The number of aryl methyl sites for hydroxylation is 1. The molecule has 3 rings (SSSR count). The fourth-order valence-corrected chi connectivity index (χ4v) is 3.78. The van der Waals surface area contributed by atoms with Crippen molar-refractivity contribution in [1.29, 1.82) is 0 Å². The van der Waals surface area contributed by atoms with Gasteiger partial charge in [0.2, 0.25) is 5.89 Å². The Kier molecular flexibility index (Phi) is 6.49. The largest absolute Gasteiger partial charge is 0.448 e. The number of hydrogen-bond donors (Lipinski definition) is 0. The summed E-state index contributed by atoms with van der Waals surface area (Å²) in [5, 5.41) is 0. The van der Waals surface area contributed by atoms with Gasteiger partial charge in [-0.1, -0.05) is 37.5 Å². The van der Waals surface area contributed by atoms with E-state index >= 15 is 0 Å². The third-order valence-electron chi connectivity index (χ3n) is 5.28. The lowest BCUT2D eigenvalue weighted by Gasteiger charge is -2.34. The van der Waals surface area contributed by atoms with Gasteiger partial charge in [0, 0.05) is 18.2 Å². The number of benzene rings is 1. The quantitative estimate of drug-likeness (QED) is 0.691. The van der Waals surface area contributed by atoms with Gasteiger partial charge in [-0.05, 0) is 45.7 Å². The highest BCUT2D eigenvalue weighted by molar-refractivity contribution is 5.92. The van der Waals surface area contributed by atoms with Gasteiger partial charge in [-0.2, -0.15) is 0 Å². The highest BCUT2D eigenvalue weighted by atomic mass is 16.5. The first-order valence-corrected chi connectivity index (χ1v) is 10.1. The maximum atomic E-state index is 12.9. The lowest BCUT2D eigenvalue weighted by Crippen LogP contribution is -2.46. The van der Waals surface area contributed by atoms with Crippen molar-refractivity contribution in [3.63, 3.8) is 0 Å². The zero-order valence-electron chi connectivity index (χ0n) is 16.8. The summed E-state index contributed by atoms with van der Waals surface area (Å²) in [5.74, 6) is -0.0410. The molecule has 0 N–H and O–H groups in total. The monoisotopic (exact) mass is 384 g/mol. The number of ether oxygens (including phenoxy) is 1. The van der Waals surface area contributed by atoms with Gasteiger partial charge < -0.3 is 14.1 Å². The van der Waals surface area contributed by atoms with Gasteiger partial charge in [-0.25, -0.2) is 9.78 Å². The molecule has 150 valence electrons. The molecule has 1 aromatic carbocycles. The van der Waals surface area contributed by atoms with Crippen molar-refractivity contribution in [1.82, 2.24) is 9.88 Å². The van der Waals surface area contributed by atoms with Gasteiger partial charge in [0.05, 0.1) is 0 Å². The highest BCUT2D eigenvalue weighted by Gasteiger charge is 2.30. The number of carbonyl (C=O) groups is 2. The van der Waals surface area contributed by atoms with Crippen LogP contribution in [0.3, 0.4) is 0 Å². The van der Waals surface area contributed by atoms with Crippen molar-refractivity contribution in [2.45, 2.75) is 65.0 Å². The first kappa shape index (κ1) is 20.1. The Hall–Kier alpha value is -2.63. The summed E-state index contributed by atoms with van der Waals surface area (Å²) in [6.07, 6.45) is 4.69. The van der Waals surface area contributed by atoms with E-state index in [0.717, 1.165) is 31.2 Å². The summed E-state index contributed by atoms with van der Waals surface area (Å²) in [7, 11) is 0. The fraction of sp³-hybridized carbons (Fsp3) is 0.500. The Bertz CT molecular complexity index is 809. The molecule has 2 aromatic rings. The van der Waals surface area contributed by atoms with Crippen molar-refractivity contribution in [2.75, 3.05) is 6.54 Å². The van der Waals surface area contributed by atoms with Crippen molar-refractivity contribution in [3.8, 4) is 11.5 Å². The second-order valence-electron chi connectivity index (χ2n) is 7.25. The molecule has 1 aromatic heterocycles. The van der Waals surface area contributed by atoms with Crippen LogP contribution in [0.15, 0.2) is 34.7 Å². The second-order valence-corrected chi connectivity index (χ2v) is 7.25. The summed E-state index contributed by atoms with van der Waals surface area (Å²) in [6, 6.07) is 9.60. The van der Waals surface area contributed by atoms with Crippen LogP contribution in [0.2, 0.25) is 0 Å². The lowest BCUT2D eigenvalue weighted by atomic mass is 9.94. The third kappa shape index (κ3) is 4.43. The van der Waals surface area contributed by atoms with Crippen LogP contribution in [0.25, 0.3) is 11.5 Å². The van der Waals surface area contributed by atoms with Crippen molar-refractivity contribution < 1.29 is 18.7 Å². The molecule has 0 aliphatic heterocycles. The normalized spacial score (nSPS) is 15.8. The maximum Gasteiger partial charge on any atom is 0.361 e. The molecule has 0 bridgehead atoms. The van der Waals surface area contributed by atoms with E-state index in [1.54, 1.807) is 13.8 Å². The van der Waals surface area contributed by atoms with Gasteiger partial charge in [0.25, 0.3) is 5.91 Å². The van der Waals surface area contributed by atoms with Crippen LogP contribution in [0.5, 0.6) is 0 Å². The Morgan fingerprint density at radius 3 is 2.54 bits per heavy atom. The first-order chi connectivity index (χ1) is 13.5. The summed E-state index contributed by atoms with van der Waals surface area (Å²) < 4.78 is 11.1. The fourth-order valence-electron chi connectivity index (χ4n) is 3.78. The molecule has 0 radical (unpaired) electrons. The average molecular weight is 384 g/mol. The van der Waals surface area contributed by atoms with Crippen LogP contribution in [-0.2, 0) is 9.53 Å². The molecule has 28 heavy (non-hydrogen) atoms. The van der Waals surface area contributed by atoms with E-state index in [4.69, 9.17) is 9.15 Å². The molecular formula is C22H28N2O4. The number of likely N-dealkylation sites (N-methyl/N-ethyl adjacent to an activating group) is 1. The molecule has 1 aliphatic rings. The molecule has 0 unspecified atom stereocenters. The Labute approximate surface area is 165 Å². The molecule has 1 amide bonds. The maximum absolute atomic E-state index is 12.9. The van der Waals surface area contributed by atoms with Crippen molar-refractivity contribution in [2.24, 2.45) is 0 Å². The molecule has 1 atom stereocenters. The zero-order chi connectivity index (χ0) is 20.1. The number of amides is 1. The van der Waals surface area contributed by atoms with E-state index in [-0.39, 0.29) is 17.6 Å². The van der Waals surface area contributed by atoms with E-state index in [1.807, 2.05) is 42.2 Å². The second kappa shape index (κ2) is 9.04. The predicted octanol–water partition coefficient (Wildman–Crippen LogP) is 4.38. The Morgan fingerprint density at radius 2 is 1.89 bits per heavy atom. The van der Waals surface area contributed by atoms with Crippen LogP contribution < -0.4 is 0 Å². The third-order valence-corrected chi connectivity index (χ3v) is 5.28. The standard InChI is InChI=1S/C22H28N2O4/c1-4-24(18-13-9-6-10-14-18)21(25)16(3)28-22(26)19-15(2)27-20(23-19)17-11-7-5-8-12-17/h5,7-8,11-12,16,18H,4,6,9-10,13-14H2,1-3H3/t16-/m0/s1. The van der Waals surface area contributed by atoms with E-state index in [9.17, 15) is 9.59 Å². The number of hydrogen-bond acceptors (Lipinski definition) is 5. The van der Waals surface area contributed by atoms with Crippen LogP contribution in [-0.4, -0.2) is 40.5 Å². The minimum absolute atomic E-state index is 0.110. The summed E-state index contributed by atoms with van der Waals surface area (Å²) in [4.78, 5) is 31.6. The number of aromatic nitrogens is 1. The lowest BCUT2D eigenvalue weighted by molar-refractivity contribution is -0.142. The summed E-state index contributed by atoms with van der Waals surface area (Å²) in [5.41, 5.74) is 0.891. The first-order valence-electron chi connectivity index (χ1n) is 10.1. The van der Waals surface area contributed by atoms with Gasteiger partial charge >= 0.3 is 5.97 Å². The van der Waals surface area contributed by atoms with Crippen LogP contribution in [0.1, 0.15) is 62.2 Å². The number of rotatable bonds is 6. The van der Waals surface area contributed by atoms with Crippen LogP contribution in [0.4, 0.5) is 0 Å². The van der Waals surface area contributed by atoms with E-state index in [1.165, 1.54) is 6.42 Å². The van der Waals surface area contributed by atoms with E-state index in [0.29, 0.717) is 18.2 Å². The van der Waals surface area contributed by atoms with E-state index in [2.05, 4.69) is 4.98 Å². The summed E-state index contributed by atoms with van der Waals surface area (Å²) >= 11 is 0. The molecule has 1 aliphatic carbocycles. The SMILES string of the molecule is CCN(C(=O)[C@H](C)OC(=O)c1nc(-c2ccccc2)oc1C)C1CCCCC1. The van der Waals surface area contributed by atoms with Gasteiger partial charge in [0.15, 0.2) is 11.8 Å². The molecule has 1 fully saturated rings. The van der Waals surface area contributed by atoms with Crippen molar-refractivity contribution >= 4 is 11.9 Å². The minimum Gasteiger partial charge on any atom is -0.448 e. The number of esters is 1. The molecule has 6 heteroatoms. The average Bonchev–Trinajstić information content (AvgIpc) is 3.11. The number of nitrogens with zero attached hydrogens (tertiary/aromatic N) is 2. The van der Waals surface area contributed by atoms with Crippen LogP contribution >= 0.6 is 0 Å². The topological polar surface area (TPSA) is 72.6 Å². The van der Waals surface area contributed by atoms with Gasteiger partial charge in [-0.15, -0.1) is 0 Å². The summed E-state index contributed by atoms with van der Waals surface area (Å²) in [6.45, 7) is 5.88. The van der Waals surface area contributed by atoms with Gasteiger partial charge in [-0.3, -0.25) is 4.79 Å². The smallest absolute Gasteiger partial charge is 0.361 e. The molecule has 1 heterocycles.